The van der Waals surface area contributed by atoms with E-state index in [1.807, 2.05) is 0 Å². The van der Waals surface area contributed by atoms with Crippen LogP contribution in [0.25, 0.3) is 0 Å². The lowest BCUT2D eigenvalue weighted by Gasteiger charge is -2.06. The van der Waals surface area contributed by atoms with Crippen molar-refractivity contribution in [3.8, 4) is 0 Å². The van der Waals surface area contributed by atoms with Crippen molar-refractivity contribution in [3.05, 3.63) is 50.9 Å². The van der Waals surface area contributed by atoms with Gasteiger partial charge in [-0.15, -0.1) is 0 Å². The Morgan fingerprint density at radius 3 is 2.71 bits per heavy atom. The first-order chi connectivity index (χ1) is 9.79. The van der Waals surface area contributed by atoms with Gasteiger partial charge in [0.15, 0.2) is 5.76 Å². The molecule has 1 N–H and O–H groups in total. The maximum Gasteiger partial charge on any atom is 0.270 e. The summed E-state index contributed by atoms with van der Waals surface area (Å²) in [6.45, 7) is 1.56. The summed E-state index contributed by atoms with van der Waals surface area (Å²) in [7, 11) is -4.01. The SMILES string of the molecule is Cc1cc(CNS(=O)(=O)c2cc([N+](=O)[O-])ccc2Cl)on1. The van der Waals surface area contributed by atoms with Crippen LogP contribution >= 0.6 is 11.6 Å². The maximum atomic E-state index is 12.1. The van der Waals surface area contributed by atoms with E-state index in [9.17, 15) is 18.5 Å². The highest BCUT2D eigenvalue weighted by atomic mass is 35.5. The summed E-state index contributed by atoms with van der Waals surface area (Å²) in [5.74, 6) is 0.317. The Balaban J connectivity index is 2.26. The number of nitro benzene ring substituents is 1. The number of nitrogens with zero attached hydrogens (tertiary/aromatic N) is 2. The molecule has 0 unspecified atom stereocenters. The van der Waals surface area contributed by atoms with Crippen LogP contribution in [0.1, 0.15) is 11.5 Å². The number of halogens is 1. The summed E-state index contributed by atoms with van der Waals surface area (Å²) in [4.78, 5) is 9.63. The number of benzene rings is 1. The Kier molecular flexibility index (Phi) is 4.26. The Bertz CT molecular complexity index is 787. The molecule has 10 heteroatoms. The van der Waals surface area contributed by atoms with Crippen LogP contribution in [0, 0.1) is 17.0 Å². The van der Waals surface area contributed by atoms with E-state index in [1.54, 1.807) is 13.0 Å². The average molecular weight is 332 g/mol. The highest BCUT2D eigenvalue weighted by molar-refractivity contribution is 7.89. The lowest BCUT2D eigenvalue weighted by atomic mass is 10.3. The van der Waals surface area contributed by atoms with Gasteiger partial charge in [-0.3, -0.25) is 10.1 Å². The summed E-state index contributed by atoms with van der Waals surface area (Å²) >= 11 is 5.79. The molecule has 21 heavy (non-hydrogen) atoms. The third-order valence-corrected chi connectivity index (χ3v) is 4.41. The number of hydrogen-bond acceptors (Lipinski definition) is 6. The molecule has 1 aromatic heterocycles. The minimum atomic E-state index is -4.01. The van der Waals surface area contributed by atoms with E-state index in [0.29, 0.717) is 11.5 Å². The lowest BCUT2D eigenvalue weighted by molar-refractivity contribution is -0.385. The molecule has 2 rings (SSSR count). The van der Waals surface area contributed by atoms with Crippen molar-refractivity contribution in [1.29, 1.82) is 0 Å². The van der Waals surface area contributed by atoms with Crippen LogP contribution < -0.4 is 4.72 Å². The van der Waals surface area contributed by atoms with Crippen LogP contribution in [0.5, 0.6) is 0 Å². The molecule has 0 atom stereocenters. The molecule has 0 saturated carbocycles. The van der Waals surface area contributed by atoms with Crippen LogP contribution in [0.2, 0.25) is 5.02 Å². The fourth-order valence-corrected chi connectivity index (χ4v) is 3.07. The molecule has 0 aliphatic rings. The van der Waals surface area contributed by atoms with Gasteiger partial charge in [-0.25, -0.2) is 13.1 Å². The van der Waals surface area contributed by atoms with Gasteiger partial charge in [0.05, 0.1) is 22.2 Å². The third-order valence-electron chi connectivity index (χ3n) is 2.53. The molecule has 1 heterocycles. The molecule has 0 saturated heterocycles. The minimum Gasteiger partial charge on any atom is -0.360 e. The molecule has 0 fully saturated rings. The summed E-state index contributed by atoms with van der Waals surface area (Å²) in [5.41, 5.74) is 0.243. The van der Waals surface area contributed by atoms with E-state index in [1.165, 1.54) is 0 Å². The normalized spacial score (nSPS) is 11.5. The first kappa shape index (κ1) is 15.4. The predicted molar refractivity (Wildman–Crippen MR) is 73.4 cm³/mol. The zero-order valence-electron chi connectivity index (χ0n) is 10.7. The maximum absolute atomic E-state index is 12.1. The number of sulfonamides is 1. The summed E-state index contributed by atoms with van der Waals surface area (Å²) in [6.07, 6.45) is 0. The zero-order valence-corrected chi connectivity index (χ0v) is 12.3. The number of rotatable bonds is 5. The average Bonchev–Trinajstić information content (AvgIpc) is 2.82. The van der Waals surface area contributed by atoms with Gasteiger partial charge in [0, 0.05) is 18.2 Å². The quantitative estimate of drug-likeness (QED) is 0.662. The highest BCUT2D eigenvalue weighted by Gasteiger charge is 2.21. The lowest BCUT2D eigenvalue weighted by Crippen LogP contribution is -2.23. The number of aromatic nitrogens is 1. The zero-order chi connectivity index (χ0) is 15.6. The Labute approximate surface area is 124 Å². The van der Waals surface area contributed by atoms with Crippen molar-refractivity contribution < 1.29 is 17.9 Å². The van der Waals surface area contributed by atoms with Gasteiger partial charge in [0.1, 0.15) is 4.90 Å². The monoisotopic (exact) mass is 331 g/mol. The molecule has 8 nitrogen and oxygen atoms in total. The summed E-state index contributed by atoms with van der Waals surface area (Å²) in [5, 5.41) is 14.2. The van der Waals surface area contributed by atoms with Crippen LogP contribution in [-0.4, -0.2) is 18.5 Å². The summed E-state index contributed by atoms with van der Waals surface area (Å²) < 4.78 is 31.4. The second-order valence-corrected chi connectivity index (χ2v) is 6.27. The molecule has 0 aliphatic heterocycles. The Hall–Kier alpha value is -1.97. The first-order valence-corrected chi connectivity index (χ1v) is 7.51. The van der Waals surface area contributed by atoms with Crippen molar-refractivity contribution in [1.82, 2.24) is 9.88 Å². The van der Waals surface area contributed by atoms with E-state index in [-0.39, 0.29) is 22.2 Å². The molecule has 2 aromatic rings. The standard InChI is InChI=1S/C11H10ClN3O5S/c1-7-4-9(20-14-7)6-13-21(18,19)11-5-8(15(16)17)2-3-10(11)12/h2-5,13H,6H2,1H3. The van der Waals surface area contributed by atoms with Crippen LogP contribution in [0.3, 0.4) is 0 Å². The number of hydrogen-bond donors (Lipinski definition) is 1. The number of nitro groups is 1. The van der Waals surface area contributed by atoms with Gasteiger partial charge < -0.3 is 4.52 Å². The topological polar surface area (TPSA) is 115 Å². The van der Waals surface area contributed by atoms with Crippen molar-refractivity contribution in [2.45, 2.75) is 18.4 Å². The molecule has 0 bridgehead atoms. The highest BCUT2D eigenvalue weighted by Crippen LogP contribution is 2.26. The molecule has 0 spiro atoms. The van der Waals surface area contributed by atoms with Gasteiger partial charge in [-0.05, 0) is 13.0 Å². The molecule has 1 aromatic carbocycles. The Morgan fingerprint density at radius 2 is 2.14 bits per heavy atom. The molecular weight excluding hydrogens is 322 g/mol. The minimum absolute atomic E-state index is 0.109. The molecular formula is C11H10ClN3O5S. The largest absolute Gasteiger partial charge is 0.360 e. The fourth-order valence-electron chi connectivity index (χ4n) is 1.56. The van der Waals surface area contributed by atoms with E-state index in [2.05, 4.69) is 9.88 Å². The third kappa shape index (κ3) is 3.57. The van der Waals surface area contributed by atoms with Gasteiger partial charge in [0.2, 0.25) is 10.0 Å². The predicted octanol–water partition coefficient (Wildman–Crippen LogP) is 2.02. The van der Waals surface area contributed by atoms with Crippen molar-refractivity contribution in [2.75, 3.05) is 0 Å². The second kappa shape index (κ2) is 5.80. The molecule has 0 radical (unpaired) electrons. The molecule has 112 valence electrons. The number of nitrogens with one attached hydrogen (secondary N) is 1. The van der Waals surface area contributed by atoms with Crippen molar-refractivity contribution in [3.63, 3.8) is 0 Å². The van der Waals surface area contributed by atoms with E-state index < -0.39 is 14.9 Å². The van der Waals surface area contributed by atoms with Crippen LogP contribution in [0.4, 0.5) is 5.69 Å². The molecule has 0 amide bonds. The van der Waals surface area contributed by atoms with Gasteiger partial charge in [-0.1, -0.05) is 16.8 Å². The van der Waals surface area contributed by atoms with Gasteiger partial charge >= 0.3 is 0 Å². The van der Waals surface area contributed by atoms with E-state index in [4.69, 9.17) is 16.1 Å². The van der Waals surface area contributed by atoms with Crippen LogP contribution in [0.15, 0.2) is 33.7 Å². The number of aryl methyl sites for hydroxylation is 1. The first-order valence-electron chi connectivity index (χ1n) is 5.65. The summed E-state index contributed by atoms with van der Waals surface area (Å²) in [6, 6.07) is 4.75. The number of non-ortho nitro benzene ring substituents is 1. The van der Waals surface area contributed by atoms with Crippen molar-refractivity contribution in [2.24, 2.45) is 0 Å². The molecule has 0 aliphatic carbocycles. The van der Waals surface area contributed by atoms with Gasteiger partial charge in [-0.2, -0.15) is 0 Å². The van der Waals surface area contributed by atoms with E-state index in [0.717, 1.165) is 18.2 Å². The smallest absolute Gasteiger partial charge is 0.270 e. The Morgan fingerprint density at radius 1 is 1.43 bits per heavy atom. The van der Waals surface area contributed by atoms with E-state index >= 15 is 0 Å². The fraction of sp³-hybridized carbons (Fsp3) is 0.182. The second-order valence-electron chi connectivity index (χ2n) is 4.13. The van der Waals surface area contributed by atoms with Crippen LogP contribution in [-0.2, 0) is 16.6 Å². The van der Waals surface area contributed by atoms with Gasteiger partial charge in [0.25, 0.3) is 5.69 Å². The van der Waals surface area contributed by atoms with Crippen molar-refractivity contribution >= 4 is 27.3 Å².